The first-order chi connectivity index (χ1) is 17.9. The molecule has 0 saturated carbocycles. The molecule has 3 aromatic heterocycles. The molecule has 8 nitrogen and oxygen atoms in total. The highest BCUT2D eigenvalue weighted by Crippen LogP contribution is 2.31. The zero-order valence-electron chi connectivity index (χ0n) is 19.5. The zero-order valence-corrected chi connectivity index (χ0v) is 21.1. The highest BCUT2D eigenvalue weighted by atomic mass is 35.5. The number of thioether (sulfide) groups is 1. The van der Waals surface area contributed by atoms with Gasteiger partial charge in [-0.1, -0.05) is 59.8 Å². The fraction of sp³-hybridized carbons (Fsp3) is 0.115. The van der Waals surface area contributed by atoms with E-state index in [1.165, 1.54) is 24.3 Å². The van der Waals surface area contributed by atoms with E-state index in [0.29, 0.717) is 27.4 Å². The number of alkyl halides is 1. The number of nitrogens with one attached hydrogen (secondary N) is 1. The number of ether oxygens (including phenoxy) is 1. The van der Waals surface area contributed by atoms with Crippen LogP contribution in [-0.4, -0.2) is 36.3 Å². The summed E-state index contributed by atoms with van der Waals surface area (Å²) in [6.45, 7) is 1.05. The third kappa shape index (κ3) is 5.55. The Labute approximate surface area is 220 Å². The molecule has 0 radical (unpaired) electrons. The third-order valence-corrected chi connectivity index (χ3v) is 6.48. The summed E-state index contributed by atoms with van der Waals surface area (Å²) < 4.78 is 22.1. The lowest BCUT2D eigenvalue weighted by Gasteiger charge is -2.21. The molecule has 5 rings (SSSR count). The number of fused-ring (bicyclic) bond motifs is 1. The predicted molar refractivity (Wildman–Crippen MR) is 141 cm³/mol. The molecule has 1 N–H and O–H groups in total. The Morgan fingerprint density at radius 2 is 1.86 bits per heavy atom. The topological polar surface area (TPSA) is 94.8 Å². The van der Waals surface area contributed by atoms with Crippen molar-refractivity contribution >= 4 is 46.1 Å². The van der Waals surface area contributed by atoms with Gasteiger partial charge < -0.3 is 10.1 Å². The minimum atomic E-state index is -2.59. The van der Waals surface area contributed by atoms with Gasteiger partial charge in [0.15, 0.2) is 11.0 Å². The second-order valence-corrected chi connectivity index (χ2v) is 9.35. The van der Waals surface area contributed by atoms with Gasteiger partial charge in [0, 0.05) is 12.7 Å². The fourth-order valence-corrected chi connectivity index (χ4v) is 4.63. The predicted octanol–water partition coefficient (Wildman–Crippen LogP) is 5.86. The molecular formula is C26H20ClFN6O2S. The number of amides is 1. The Balaban J connectivity index is 1.33. The molecule has 3 heterocycles. The summed E-state index contributed by atoms with van der Waals surface area (Å²) in [7, 11) is 0. The van der Waals surface area contributed by atoms with Crippen molar-refractivity contribution in [2.75, 3.05) is 5.32 Å². The zero-order chi connectivity index (χ0) is 25.8. The number of anilines is 1. The Morgan fingerprint density at radius 3 is 2.68 bits per heavy atom. The van der Waals surface area contributed by atoms with Crippen molar-refractivity contribution in [3.63, 3.8) is 0 Å². The summed E-state index contributed by atoms with van der Waals surface area (Å²) in [5.74, 6) is -2.17. The first-order valence-corrected chi connectivity index (χ1v) is 12.5. The summed E-state index contributed by atoms with van der Waals surface area (Å²) in [4.78, 5) is 30.1. The van der Waals surface area contributed by atoms with Crippen LogP contribution in [0.5, 0.6) is 5.75 Å². The number of imidazole rings is 1. The number of rotatable bonds is 8. The molecule has 2 aromatic carbocycles. The number of aromatic nitrogens is 5. The minimum Gasteiger partial charge on any atom is -0.450 e. The number of para-hydroxylation sites is 3. The lowest BCUT2D eigenvalue weighted by atomic mass is 10.3. The van der Waals surface area contributed by atoms with Gasteiger partial charge in [0.1, 0.15) is 22.9 Å². The second kappa shape index (κ2) is 10.5. The average molecular weight is 535 g/mol. The SMILES string of the molecule is CC(F)(Oc1ccccc1)C(=O)Nc1cccc(CSc2nc3ccccc3n2-c2ncncc2Cl)n1. The van der Waals surface area contributed by atoms with Crippen molar-refractivity contribution < 1.29 is 13.9 Å². The Kier molecular flexibility index (Phi) is 7.02. The van der Waals surface area contributed by atoms with Crippen LogP contribution in [0.2, 0.25) is 5.02 Å². The highest BCUT2D eigenvalue weighted by molar-refractivity contribution is 7.98. The number of benzene rings is 2. The summed E-state index contributed by atoms with van der Waals surface area (Å²) >= 11 is 7.81. The van der Waals surface area contributed by atoms with Crippen molar-refractivity contribution in [1.82, 2.24) is 24.5 Å². The van der Waals surface area contributed by atoms with Gasteiger partial charge in [-0.3, -0.25) is 9.36 Å². The van der Waals surface area contributed by atoms with Crippen LogP contribution in [0.3, 0.4) is 0 Å². The molecule has 0 aliphatic rings. The molecule has 0 aliphatic heterocycles. The maximum atomic E-state index is 15.0. The molecule has 1 amide bonds. The molecule has 0 spiro atoms. The fourth-order valence-electron chi connectivity index (χ4n) is 3.53. The first-order valence-electron chi connectivity index (χ1n) is 11.2. The standard InChI is InChI=1S/C26H20ClFN6O2S/c1-26(28,36-18-9-3-2-4-10-18)24(35)33-22-13-7-8-17(31-22)15-37-25-32-20-11-5-6-12-21(20)34(25)23-19(27)14-29-16-30-23/h2-14,16H,15H2,1H3,(H,31,33,35). The van der Waals surface area contributed by atoms with Crippen LogP contribution in [0.1, 0.15) is 12.6 Å². The van der Waals surface area contributed by atoms with Crippen LogP contribution >= 0.6 is 23.4 Å². The maximum absolute atomic E-state index is 15.0. The Hall–Kier alpha value is -4.02. The van der Waals surface area contributed by atoms with Gasteiger partial charge in [-0.2, -0.15) is 4.39 Å². The van der Waals surface area contributed by atoms with Crippen molar-refractivity contribution in [1.29, 1.82) is 0 Å². The number of hydrogen-bond acceptors (Lipinski definition) is 7. The van der Waals surface area contributed by atoms with Gasteiger partial charge in [-0.25, -0.2) is 19.9 Å². The maximum Gasteiger partial charge on any atom is 0.324 e. The van der Waals surface area contributed by atoms with Crippen molar-refractivity contribution in [2.45, 2.75) is 23.7 Å². The summed E-state index contributed by atoms with van der Waals surface area (Å²) in [5.41, 5.74) is 2.29. The van der Waals surface area contributed by atoms with Crippen molar-refractivity contribution in [3.8, 4) is 11.6 Å². The Bertz CT molecular complexity index is 1560. The second-order valence-electron chi connectivity index (χ2n) is 8.00. The number of pyridine rings is 1. The van der Waals surface area contributed by atoms with Crippen LogP contribution in [-0.2, 0) is 10.5 Å². The summed E-state index contributed by atoms with van der Waals surface area (Å²) in [6.07, 6.45) is 2.96. The molecule has 5 aromatic rings. The molecule has 1 unspecified atom stereocenters. The van der Waals surface area contributed by atoms with E-state index in [1.54, 1.807) is 42.5 Å². The van der Waals surface area contributed by atoms with Gasteiger partial charge in [-0.15, -0.1) is 0 Å². The molecule has 11 heteroatoms. The van der Waals surface area contributed by atoms with E-state index in [0.717, 1.165) is 18.0 Å². The monoisotopic (exact) mass is 534 g/mol. The van der Waals surface area contributed by atoms with E-state index in [1.807, 2.05) is 34.9 Å². The van der Waals surface area contributed by atoms with E-state index >= 15 is 0 Å². The smallest absolute Gasteiger partial charge is 0.324 e. The lowest BCUT2D eigenvalue weighted by Crippen LogP contribution is -2.41. The molecule has 0 bridgehead atoms. The molecule has 37 heavy (non-hydrogen) atoms. The highest BCUT2D eigenvalue weighted by Gasteiger charge is 2.36. The van der Waals surface area contributed by atoms with Gasteiger partial charge >= 0.3 is 11.8 Å². The number of carbonyl (C=O) groups excluding carboxylic acids is 1. The van der Waals surface area contributed by atoms with E-state index in [9.17, 15) is 9.18 Å². The number of carbonyl (C=O) groups is 1. The average Bonchev–Trinajstić information content (AvgIpc) is 3.26. The largest absolute Gasteiger partial charge is 0.450 e. The molecule has 0 fully saturated rings. The summed E-state index contributed by atoms with van der Waals surface area (Å²) in [6, 6.07) is 21.1. The van der Waals surface area contributed by atoms with E-state index in [2.05, 4.69) is 20.3 Å². The van der Waals surface area contributed by atoms with Crippen LogP contribution in [0.4, 0.5) is 10.2 Å². The minimum absolute atomic E-state index is 0.205. The van der Waals surface area contributed by atoms with Crippen LogP contribution in [0.15, 0.2) is 90.5 Å². The van der Waals surface area contributed by atoms with Gasteiger partial charge in [-0.05, 0) is 36.4 Å². The Morgan fingerprint density at radius 1 is 1.08 bits per heavy atom. The molecular weight excluding hydrogens is 515 g/mol. The van der Waals surface area contributed by atoms with Crippen molar-refractivity contribution in [3.05, 3.63) is 96.0 Å². The van der Waals surface area contributed by atoms with Crippen LogP contribution in [0, 0.1) is 0 Å². The number of halogens is 2. The van der Waals surface area contributed by atoms with Gasteiger partial charge in [0.25, 0.3) is 0 Å². The van der Waals surface area contributed by atoms with E-state index in [4.69, 9.17) is 21.3 Å². The normalized spacial score (nSPS) is 12.7. The molecule has 0 aliphatic carbocycles. The third-order valence-electron chi connectivity index (χ3n) is 5.25. The summed E-state index contributed by atoms with van der Waals surface area (Å²) in [5, 5.41) is 3.54. The van der Waals surface area contributed by atoms with Crippen LogP contribution < -0.4 is 10.1 Å². The molecule has 186 valence electrons. The van der Waals surface area contributed by atoms with Crippen LogP contribution in [0.25, 0.3) is 16.9 Å². The van der Waals surface area contributed by atoms with Crippen molar-refractivity contribution in [2.24, 2.45) is 0 Å². The van der Waals surface area contributed by atoms with Gasteiger partial charge in [0.05, 0.1) is 22.9 Å². The van der Waals surface area contributed by atoms with E-state index < -0.39 is 11.8 Å². The van der Waals surface area contributed by atoms with E-state index in [-0.39, 0.29) is 11.6 Å². The number of nitrogens with zero attached hydrogens (tertiary/aromatic N) is 5. The lowest BCUT2D eigenvalue weighted by molar-refractivity contribution is -0.144. The molecule has 1 atom stereocenters. The molecule has 0 saturated heterocycles. The number of hydrogen-bond donors (Lipinski definition) is 1. The quantitative estimate of drug-likeness (QED) is 0.249. The first kappa shape index (κ1) is 24.7. The van der Waals surface area contributed by atoms with Gasteiger partial charge in [0.2, 0.25) is 0 Å².